The lowest BCUT2D eigenvalue weighted by Gasteiger charge is -2.05. The van der Waals surface area contributed by atoms with E-state index in [0.717, 1.165) is 5.56 Å². The normalized spacial score (nSPS) is 15.7. The number of carbonyl (C=O) groups excluding carboxylic acids is 1. The largest absolute Gasteiger partial charge is 0.391 e. The van der Waals surface area contributed by atoms with Crippen LogP contribution in [0, 0.1) is 5.82 Å². The summed E-state index contributed by atoms with van der Waals surface area (Å²) >= 11 is 5.85. The van der Waals surface area contributed by atoms with Crippen LogP contribution in [0.4, 0.5) is 4.39 Å². The van der Waals surface area contributed by atoms with Crippen LogP contribution in [0.5, 0.6) is 0 Å². The molecular weight excluding hydrogens is 399 g/mol. The Hall–Kier alpha value is -3.26. The first kappa shape index (κ1) is 19.1. The number of oxime groups is 1. The van der Waals surface area contributed by atoms with E-state index in [1.54, 1.807) is 24.3 Å². The fourth-order valence-corrected chi connectivity index (χ4v) is 2.93. The monoisotopic (exact) mass is 414 g/mol. The molecule has 2 aromatic carbocycles. The zero-order chi connectivity index (χ0) is 20.2. The molecule has 0 unspecified atom stereocenters. The van der Waals surface area contributed by atoms with Gasteiger partial charge in [-0.25, -0.2) is 4.39 Å². The number of hydrogen-bond donors (Lipinski definition) is 1. The number of halogens is 2. The fourth-order valence-electron chi connectivity index (χ4n) is 2.81. The highest BCUT2D eigenvalue weighted by Gasteiger charge is 2.27. The van der Waals surface area contributed by atoms with Crippen LogP contribution in [0.25, 0.3) is 11.5 Å². The number of carbonyl (C=O) groups is 1. The Labute approximate surface area is 170 Å². The second kappa shape index (κ2) is 8.40. The van der Waals surface area contributed by atoms with Crippen LogP contribution in [0.3, 0.4) is 0 Å². The molecule has 9 heteroatoms. The van der Waals surface area contributed by atoms with Gasteiger partial charge in [0, 0.05) is 23.6 Å². The van der Waals surface area contributed by atoms with Crippen LogP contribution in [0.1, 0.15) is 17.8 Å². The smallest absolute Gasteiger partial charge is 0.269 e. The summed E-state index contributed by atoms with van der Waals surface area (Å²) in [5.41, 5.74) is 1.86. The first-order valence-corrected chi connectivity index (χ1v) is 9.28. The molecule has 29 heavy (non-hydrogen) atoms. The van der Waals surface area contributed by atoms with Gasteiger partial charge in [0.05, 0.1) is 6.42 Å². The number of nitrogens with one attached hydrogen (secondary N) is 1. The number of aromatic nitrogens is 2. The Balaban J connectivity index is 1.29. The van der Waals surface area contributed by atoms with Crippen molar-refractivity contribution in [3.8, 4) is 11.5 Å². The second-order valence-electron chi connectivity index (χ2n) is 6.51. The van der Waals surface area contributed by atoms with Crippen LogP contribution < -0.4 is 5.32 Å². The lowest BCUT2D eigenvalue weighted by atomic mass is 10.1. The molecule has 4 rings (SSSR count). The molecule has 1 N–H and O–H groups in total. The summed E-state index contributed by atoms with van der Waals surface area (Å²) in [6.45, 7) is 0.367. The van der Waals surface area contributed by atoms with Crippen molar-refractivity contribution in [2.45, 2.75) is 25.5 Å². The average Bonchev–Trinajstić information content (AvgIpc) is 3.38. The van der Waals surface area contributed by atoms with Crippen molar-refractivity contribution in [1.82, 2.24) is 15.5 Å². The molecular formula is C20H16ClFN4O3. The quantitative estimate of drug-likeness (QED) is 0.666. The number of hydrogen-bond acceptors (Lipinski definition) is 6. The highest BCUT2D eigenvalue weighted by atomic mass is 35.5. The SMILES string of the molecule is O=C(NCc1ccc(Cl)cc1)C1=NO[C@@H](Cc2noc(-c3ccc(F)cc3)n2)C1. The molecule has 148 valence electrons. The van der Waals surface area contributed by atoms with Crippen molar-refractivity contribution >= 4 is 23.2 Å². The van der Waals surface area contributed by atoms with Gasteiger partial charge >= 0.3 is 0 Å². The minimum Gasteiger partial charge on any atom is -0.391 e. The Bertz CT molecular complexity index is 1030. The number of amides is 1. The highest BCUT2D eigenvalue weighted by Crippen LogP contribution is 2.20. The van der Waals surface area contributed by atoms with Crippen LogP contribution in [-0.4, -0.2) is 27.9 Å². The standard InChI is InChI=1S/C20H16ClFN4O3/c21-14-5-1-12(2-6-14)11-23-19(27)17-9-16(28-25-17)10-18-24-20(29-26-18)13-3-7-15(22)8-4-13/h1-8,16H,9-11H2,(H,23,27)/t16-/m1/s1. The molecule has 0 fully saturated rings. The minimum atomic E-state index is -0.357. The third kappa shape index (κ3) is 4.78. The van der Waals surface area contributed by atoms with Gasteiger partial charge in [0.25, 0.3) is 11.8 Å². The Kier molecular flexibility index (Phi) is 5.53. The second-order valence-corrected chi connectivity index (χ2v) is 6.94. The molecule has 1 amide bonds. The van der Waals surface area contributed by atoms with Crippen molar-refractivity contribution in [1.29, 1.82) is 0 Å². The van der Waals surface area contributed by atoms with E-state index in [1.165, 1.54) is 12.1 Å². The predicted molar refractivity (Wildman–Crippen MR) is 104 cm³/mol. The number of benzene rings is 2. The molecule has 0 aliphatic carbocycles. The van der Waals surface area contributed by atoms with Gasteiger partial charge in [-0.3, -0.25) is 4.79 Å². The van der Waals surface area contributed by atoms with Gasteiger partial charge < -0.3 is 14.7 Å². The Morgan fingerprint density at radius 2 is 1.93 bits per heavy atom. The topological polar surface area (TPSA) is 89.6 Å². The Morgan fingerprint density at radius 3 is 2.69 bits per heavy atom. The van der Waals surface area contributed by atoms with Crippen molar-refractivity contribution in [3.63, 3.8) is 0 Å². The summed E-state index contributed by atoms with van der Waals surface area (Å²) in [5, 5.41) is 11.2. The molecule has 2 heterocycles. The molecule has 3 aromatic rings. The molecule has 7 nitrogen and oxygen atoms in total. The summed E-state index contributed by atoms with van der Waals surface area (Å²) < 4.78 is 18.2. The van der Waals surface area contributed by atoms with Gasteiger partial charge in [0.1, 0.15) is 17.6 Å². The maximum absolute atomic E-state index is 13.0. The van der Waals surface area contributed by atoms with Gasteiger partial charge in [0.15, 0.2) is 5.82 Å². The van der Waals surface area contributed by atoms with E-state index in [0.29, 0.717) is 47.4 Å². The third-order valence-corrected chi connectivity index (χ3v) is 4.58. The van der Waals surface area contributed by atoms with E-state index in [-0.39, 0.29) is 17.8 Å². The van der Waals surface area contributed by atoms with Crippen LogP contribution in [-0.2, 0) is 22.6 Å². The van der Waals surface area contributed by atoms with E-state index in [4.69, 9.17) is 21.0 Å². The van der Waals surface area contributed by atoms with Crippen molar-refractivity contribution in [2.24, 2.45) is 5.16 Å². The summed E-state index contributed by atoms with van der Waals surface area (Å²) in [5.74, 6) is 0.0848. The first-order chi connectivity index (χ1) is 14.1. The van der Waals surface area contributed by atoms with E-state index < -0.39 is 0 Å². The number of rotatable bonds is 6. The van der Waals surface area contributed by atoms with Gasteiger partial charge in [-0.2, -0.15) is 4.98 Å². The van der Waals surface area contributed by atoms with Gasteiger partial charge in [0.2, 0.25) is 0 Å². The first-order valence-electron chi connectivity index (χ1n) is 8.90. The molecule has 0 saturated heterocycles. The molecule has 0 bridgehead atoms. The molecule has 1 aliphatic rings. The summed E-state index contributed by atoms with van der Waals surface area (Å²) in [6, 6.07) is 13.0. The van der Waals surface area contributed by atoms with Crippen LogP contribution in [0.2, 0.25) is 5.02 Å². The average molecular weight is 415 g/mol. The van der Waals surface area contributed by atoms with Gasteiger partial charge in [-0.15, -0.1) is 0 Å². The predicted octanol–water partition coefficient (Wildman–Crippen LogP) is 3.53. The van der Waals surface area contributed by atoms with Crippen molar-refractivity contribution in [3.05, 3.63) is 70.8 Å². The zero-order valence-corrected chi connectivity index (χ0v) is 15.9. The van der Waals surface area contributed by atoms with E-state index >= 15 is 0 Å². The van der Waals surface area contributed by atoms with Gasteiger partial charge in [-0.05, 0) is 42.0 Å². The number of nitrogens with zero attached hydrogens (tertiary/aromatic N) is 3. The third-order valence-electron chi connectivity index (χ3n) is 4.33. The summed E-state index contributed by atoms with van der Waals surface area (Å²) in [7, 11) is 0. The lowest BCUT2D eigenvalue weighted by Crippen LogP contribution is -2.30. The molecule has 1 aromatic heterocycles. The lowest BCUT2D eigenvalue weighted by molar-refractivity contribution is -0.115. The van der Waals surface area contributed by atoms with E-state index in [9.17, 15) is 9.18 Å². The van der Waals surface area contributed by atoms with Crippen molar-refractivity contribution < 1.29 is 18.5 Å². The summed E-state index contributed by atoms with van der Waals surface area (Å²) in [6.07, 6.45) is 0.319. The molecule has 0 saturated carbocycles. The molecule has 1 atom stereocenters. The van der Waals surface area contributed by atoms with Gasteiger partial charge in [-0.1, -0.05) is 34.0 Å². The maximum Gasteiger partial charge on any atom is 0.269 e. The maximum atomic E-state index is 13.0. The van der Waals surface area contributed by atoms with E-state index in [2.05, 4.69) is 20.6 Å². The molecule has 0 spiro atoms. The van der Waals surface area contributed by atoms with Crippen LogP contribution in [0.15, 0.2) is 58.2 Å². The fraction of sp³-hybridized carbons (Fsp3) is 0.200. The molecule has 0 radical (unpaired) electrons. The van der Waals surface area contributed by atoms with Crippen LogP contribution >= 0.6 is 11.6 Å². The summed E-state index contributed by atoms with van der Waals surface area (Å²) in [4.78, 5) is 21.9. The Morgan fingerprint density at radius 1 is 1.17 bits per heavy atom. The zero-order valence-electron chi connectivity index (χ0n) is 15.1. The van der Waals surface area contributed by atoms with E-state index in [1.807, 2.05) is 12.1 Å². The molecule has 1 aliphatic heterocycles. The highest BCUT2D eigenvalue weighted by molar-refractivity contribution is 6.39. The minimum absolute atomic E-state index is 0.289. The van der Waals surface area contributed by atoms with Crippen molar-refractivity contribution in [2.75, 3.05) is 0 Å².